The molecule has 0 saturated heterocycles. The molecule has 1 amide bonds. The number of benzene rings is 1. The first-order valence-corrected chi connectivity index (χ1v) is 7.95. The van der Waals surface area contributed by atoms with Crippen LogP contribution in [0.5, 0.6) is 5.75 Å². The highest BCUT2D eigenvalue weighted by Crippen LogP contribution is 2.46. The van der Waals surface area contributed by atoms with Crippen molar-refractivity contribution in [3.63, 3.8) is 0 Å². The molecule has 0 spiro atoms. The Kier molecular flexibility index (Phi) is 3.88. The maximum absolute atomic E-state index is 12.5. The van der Waals surface area contributed by atoms with E-state index in [1.165, 1.54) is 0 Å². The lowest BCUT2D eigenvalue weighted by molar-refractivity contribution is -0.123. The Balaban J connectivity index is 2.06. The number of carbonyl (C=O) groups excluding carboxylic acids is 1. The minimum absolute atomic E-state index is 0.0167. The number of anilines is 1. The van der Waals surface area contributed by atoms with Gasteiger partial charge < -0.3 is 10.1 Å². The number of para-hydroxylation sites is 1. The molecule has 5 nitrogen and oxygen atoms in total. The molecule has 2 N–H and O–H groups in total. The van der Waals surface area contributed by atoms with Crippen LogP contribution in [0.3, 0.4) is 0 Å². The van der Waals surface area contributed by atoms with E-state index in [-0.39, 0.29) is 5.91 Å². The Morgan fingerprint density at radius 2 is 2.00 bits per heavy atom. The van der Waals surface area contributed by atoms with Crippen LogP contribution >= 0.6 is 0 Å². The van der Waals surface area contributed by atoms with Gasteiger partial charge in [-0.1, -0.05) is 32.9 Å². The molecule has 122 valence electrons. The summed E-state index contributed by atoms with van der Waals surface area (Å²) in [4.78, 5) is 12.5. The SMILES string of the molecule is COc1ccccc1-c1n[nH]c(C2CC2)c1NC(=O)C(C)(C)C. The van der Waals surface area contributed by atoms with Crippen molar-refractivity contribution in [1.29, 1.82) is 0 Å². The highest BCUT2D eigenvalue weighted by molar-refractivity contribution is 5.99. The number of aromatic amines is 1. The topological polar surface area (TPSA) is 67.0 Å². The molecule has 1 fully saturated rings. The maximum Gasteiger partial charge on any atom is 0.229 e. The van der Waals surface area contributed by atoms with E-state index in [1.807, 2.05) is 45.0 Å². The summed E-state index contributed by atoms with van der Waals surface area (Å²) in [7, 11) is 1.64. The molecule has 0 atom stereocenters. The number of methoxy groups -OCH3 is 1. The summed E-state index contributed by atoms with van der Waals surface area (Å²) in [5.74, 6) is 1.19. The molecule has 1 aromatic heterocycles. The smallest absolute Gasteiger partial charge is 0.229 e. The van der Waals surface area contributed by atoms with Crippen molar-refractivity contribution >= 4 is 11.6 Å². The lowest BCUT2D eigenvalue weighted by atomic mass is 9.95. The summed E-state index contributed by atoms with van der Waals surface area (Å²) < 4.78 is 5.45. The number of hydrogen-bond acceptors (Lipinski definition) is 3. The van der Waals surface area contributed by atoms with E-state index in [0.29, 0.717) is 5.92 Å². The van der Waals surface area contributed by atoms with Crippen LogP contribution in [0.15, 0.2) is 24.3 Å². The van der Waals surface area contributed by atoms with Gasteiger partial charge in [0.15, 0.2) is 0 Å². The third-order valence-electron chi connectivity index (χ3n) is 4.06. The summed E-state index contributed by atoms with van der Waals surface area (Å²) >= 11 is 0. The first-order valence-electron chi connectivity index (χ1n) is 7.95. The third kappa shape index (κ3) is 3.09. The number of nitrogens with zero attached hydrogens (tertiary/aromatic N) is 1. The molecule has 5 heteroatoms. The van der Waals surface area contributed by atoms with E-state index in [0.717, 1.165) is 41.2 Å². The van der Waals surface area contributed by atoms with Crippen LogP contribution in [0, 0.1) is 5.41 Å². The van der Waals surface area contributed by atoms with Crippen LogP contribution in [-0.4, -0.2) is 23.2 Å². The normalized spacial score (nSPS) is 14.6. The second kappa shape index (κ2) is 5.72. The van der Waals surface area contributed by atoms with Gasteiger partial charge in [0.1, 0.15) is 11.4 Å². The molecule has 1 heterocycles. The van der Waals surface area contributed by atoms with Crippen molar-refractivity contribution in [2.75, 3.05) is 12.4 Å². The Hall–Kier alpha value is -2.30. The van der Waals surface area contributed by atoms with Gasteiger partial charge in [-0.2, -0.15) is 5.10 Å². The molecule has 1 saturated carbocycles. The molecule has 0 bridgehead atoms. The standard InChI is InChI=1S/C18H23N3O2/c1-18(2,3)17(22)19-16-14(11-9-10-11)20-21-15(16)12-7-5-6-8-13(12)23-4/h5-8,11H,9-10H2,1-4H3,(H,19,22)(H,20,21). The number of hydrogen-bond donors (Lipinski definition) is 2. The zero-order valence-corrected chi connectivity index (χ0v) is 14.1. The molecule has 0 aliphatic heterocycles. The van der Waals surface area contributed by atoms with Crippen LogP contribution in [0.4, 0.5) is 5.69 Å². The number of nitrogens with one attached hydrogen (secondary N) is 2. The van der Waals surface area contributed by atoms with Gasteiger partial charge in [0, 0.05) is 16.9 Å². The van der Waals surface area contributed by atoms with E-state index >= 15 is 0 Å². The lowest BCUT2D eigenvalue weighted by Crippen LogP contribution is -2.28. The Morgan fingerprint density at radius 1 is 1.30 bits per heavy atom. The maximum atomic E-state index is 12.5. The monoisotopic (exact) mass is 313 g/mol. The first-order chi connectivity index (χ1) is 10.9. The fourth-order valence-corrected chi connectivity index (χ4v) is 2.49. The van der Waals surface area contributed by atoms with Gasteiger partial charge in [0.2, 0.25) is 5.91 Å². The average molecular weight is 313 g/mol. The molecule has 3 rings (SSSR count). The number of ether oxygens (including phenoxy) is 1. The second-order valence-electron chi connectivity index (χ2n) is 7.04. The van der Waals surface area contributed by atoms with Crippen LogP contribution < -0.4 is 10.1 Å². The highest BCUT2D eigenvalue weighted by atomic mass is 16.5. The van der Waals surface area contributed by atoms with Gasteiger partial charge >= 0.3 is 0 Å². The van der Waals surface area contributed by atoms with Crippen LogP contribution in [0.1, 0.15) is 45.2 Å². The zero-order valence-electron chi connectivity index (χ0n) is 14.1. The fraction of sp³-hybridized carbons (Fsp3) is 0.444. The molecule has 2 aromatic rings. The molecule has 0 radical (unpaired) electrons. The van der Waals surface area contributed by atoms with Crippen molar-refractivity contribution in [2.24, 2.45) is 5.41 Å². The van der Waals surface area contributed by atoms with E-state index in [9.17, 15) is 4.79 Å². The number of carbonyl (C=O) groups is 1. The van der Waals surface area contributed by atoms with Crippen LogP contribution in [0.2, 0.25) is 0 Å². The summed E-state index contributed by atoms with van der Waals surface area (Å²) in [5, 5.41) is 10.7. The molecule has 0 unspecified atom stereocenters. The Morgan fingerprint density at radius 3 is 2.61 bits per heavy atom. The van der Waals surface area contributed by atoms with Crippen molar-refractivity contribution in [1.82, 2.24) is 10.2 Å². The molecule has 1 aliphatic rings. The minimum Gasteiger partial charge on any atom is -0.496 e. The molecule has 23 heavy (non-hydrogen) atoms. The summed E-state index contributed by atoms with van der Waals surface area (Å²) in [6.07, 6.45) is 2.26. The van der Waals surface area contributed by atoms with E-state index in [2.05, 4.69) is 15.5 Å². The van der Waals surface area contributed by atoms with Crippen LogP contribution in [-0.2, 0) is 4.79 Å². The lowest BCUT2D eigenvalue weighted by Gasteiger charge is -2.18. The van der Waals surface area contributed by atoms with Gasteiger partial charge in [-0.05, 0) is 25.0 Å². The Bertz CT molecular complexity index is 724. The number of H-pyrrole nitrogens is 1. The van der Waals surface area contributed by atoms with Crippen molar-refractivity contribution in [3.8, 4) is 17.0 Å². The molecular weight excluding hydrogens is 290 g/mol. The van der Waals surface area contributed by atoms with Gasteiger partial charge in [0.25, 0.3) is 0 Å². The predicted octanol–water partition coefficient (Wildman–Crippen LogP) is 3.95. The Labute approximate surface area is 136 Å². The van der Waals surface area contributed by atoms with Gasteiger partial charge in [0.05, 0.1) is 18.5 Å². The predicted molar refractivity (Wildman–Crippen MR) is 90.6 cm³/mol. The van der Waals surface area contributed by atoms with Crippen molar-refractivity contribution in [3.05, 3.63) is 30.0 Å². The van der Waals surface area contributed by atoms with E-state index in [4.69, 9.17) is 4.74 Å². The van der Waals surface area contributed by atoms with Gasteiger partial charge in [-0.3, -0.25) is 9.89 Å². The summed E-state index contributed by atoms with van der Waals surface area (Å²) in [5.41, 5.74) is 2.96. The zero-order chi connectivity index (χ0) is 16.6. The van der Waals surface area contributed by atoms with Crippen molar-refractivity contribution < 1.29 is 9.53 Å². The fourth-order valence-electron chi connectivity index (χ4n) is 2.49. The minimum atomic E-state index is -0.462. The molecule has 1 aromatic carbocycles. The van der Waals surface area contributed by atoms with Gasteiger partial charge in [-0.15, -0.1) is 0 Å². The number of aromatic nitrogens is 2. The van der Waals surface area contributed by atoms with E-state index < -0.39 is 5.41 Å². The first kappa shape index (κ1) is 15.6. The summed E-state index contributed by atoms with van der Waals surface area (Å²) in [6.45, 7) is 5.71. The van der Waals surface area contributed by atoms with Crippen molar-refractivity contribution in [2.45, 2.75) is 39.5 Å². The number of rotatable bonds is 4. The largest absolute Gasteiger partial charge is 0.496 e. The molecule has 1 aliphatic carbocycles. The van der Waals surface area contributed by atoms with Crippen LogP contribution in [0.25, 0.3) is 11.3 Å². The summed E-state index contributed by atoms with van der Waals surface area (Å²) in [6, 6.07) is 7.72. The third-order valence-corrected chi connectivity index (χ3v) is 4.06. The number of amides is 1. The molecular formula is C18H23N3O2. The average Bonchev–Trinajstić information content (AvgIpc) is 3.28. The second-order valence-corrected chi connectivity index (χ2v) is 7.04. The van der Waals surface area contributed by atoms with E-state index in [1.54, 1.807) is 7.11 Å². The highest BCUT2D eigenvalue weighted by Gasteiger charge is 2.33. The van der Waals surface area contributed by atoms with Gasteiger partial charge in [-0.25, -0.2) is 0 Å². The quantitative estimate of drug-likeness (QED) is 0.898.